The molecule has 0 bridgehead atoms. The van der Waals surface area contributed by atoms with Crippen LogP contribution in [-0.2, 0) is 6.54 Å². The average molecular weight is 279 g/mol. The molecule has 0 radical (unpaired) electrons. The number of fused-ring (bicyclic) bond motifs is 1. The molecule has 0 aliphatic heterocycles. The Bertz CT molecular complexity index is 690. The number of hydrogen-bond acceptors (Lipinski definition) is 5. The molecule has 1 N–H and O–H groups in total. The molecular weight excluding hydrogens is 269 g/mol. The minimum absolute atomic E-state index is 0.226. The zero-order chi connectivity index (χ0) is 12.5. The Balaban J connectivity index is 1.78. The number of anilines is 1. The lowest BCUT2D eigenvalue weighted by atomic mass is 10.3. The number of hydrogen-bond donors (Lipinski definition) is 1. The fourth-order valence-electron chi connectivity index (χ4n) is 1.62. The molecule has 3 rings (SSSR count). The molecule has 0 unspecified atom stereocenters. The summed E-state index contributed by atoms with van der Waals surface area (Å²) < 4.78 is 13.9. The Labute approximate surface area is 111 Å². The predicted octanol–water partition coefficient (Wildman–Crippen LogP) is 3.81. The summed E-state index contributed by atoms with van der Waals surface area (Å²) in [5.41, 5.74) is 0.824. The molecule has 0 saturated carbocycles. The van der Waals surface area contributed by atoms with E-state index in [2.05, 4.69) is 15.3 Å². The van der Waals surface area contributed by atoms with Crippen LogP contribution >= 0.6 is 22.7 Å². The van der Waals surface area contributed by atoms with Gasteiger partial charge in [-0.25, -0.2) is 14.4 Å². The summed E-state index contributed by atoms with van der Waals surface area (Å²) in [5.74, 6) is -0.226. The fraction of sp³-hybridized carbons (Fsp3) is 0.167. The molecule has 0 aliphatic rings. The largest absolute Gasteiger partial charge is 0.357 e. The Morgan fingerprint density at radius 3 is 3.00 bits per heavy atom. The van der Waals surface area contributed by atoms with Gasteiger partial charge in [0.2, 0.25) is 0 Å². The first-order valence-corrected chi connectivity index (χ1v) is 7.05. The first kappa shape index (κ1) is 11.6. The van der Waals surface area contributed by atoms with Crippen molar-refractivity contribution in [2.24, 2.45) is 0 Å². The van der Waals surface area contributed by atoms with Gasteiger partial charge in [-0.1, -0.05) is 11.3 Å². The van der Waals surface area contributed by atoms with Gasteiger partial charge in [0.05, 0.1) is 21.8 Å². The average Bonchev–Trinajstić information content (AvgIpc) is 2.92. The molecule has 3 nitrogen and oxygen atoms in total. The summed E-state index contributed by atoms with van der Waals surface area (Å²) >= 11 is 3.12. The monoisotopic (exact) mass is 279 g/mol. The highest BCUT2D eigenvalue weighted by Gasteiger charge is 2.05. The van der Waals surface area contributed by atoms with Crippen molar-refractivity contribution in [3.63, 3.8) is 0 Å². The topological polar surface area (TPSA) is 37.8 Å². The molecule has 6 heteroatoms. The van der Waals surface area contributed by atoms with Crippen molar-refractivity contribution in [1.29, 1.82) is 0 Å². The van der Waals surface area contributed by atoms with Gasteiger partial charge in [-0.15, -0.1) is 11.3 Å². The molecular formula is C12H10FN3S2. The van der Waals surface area contributed by atoms with Crippen LogP contribution in [-0.4, -0.2) is 9.97 Å². The number of nitrogens with one attached hydrogen (secondary N) is 1. The summed E-state index contributed by atoms with van der Waals surface area (Å²) in [6.45, 7) is 2.68. The van der Waals surface area contributed by atoms with Crippen molar-refractivity contribution >= 4 is 38.0 Å². The molecule has 1 aromatic carbocycles. The lowest BCUT2D eigenvalue weighted by Crippen LogP contribution is -1.96. The van der Waals surface area contributed by atoms with Gasteiger partial charge in [0, 0.05) is 11.1 Å². The van der Waals surface area contributed by atoms with Crippen LogP contribution in [0.5, 0.6) is 0 Å². The molecule has 2 heterocycles. The normalized spacial score (nSPS) is 11.0. The molecule has 0 spiro atoms. The maximum absolute atomic E-state index is 13.1. The van der Waals surface area contributed by atoms with E-state index in [1.807, 2.05) is 13.1 Å². The van der Waals surface area contributed by atoms with Crippen molar-refractivity contribution in [2.75, 3.05) is 5.32 Å². The second-order valence-electron chi connectivity index (χ2n) is 3.83. The Morgan fingerprint density at radius 1 is 1.33 bits per heavy atom. The highest BCUT2D eigenvalue weighted by Crippen LogP contribution is 2.27. The molecule has 3 aromatic rings. The predicted molar refractivity (Wildman–Crippen MR) is 73.8 cm³/mol. The molecule has 0 atom stereocenters. The van der Waals surface area contributed by atoms with Crippen LogP contribution in [0.2, 0.25) is 0 Å². The Hall–Kier alpha value is -1.53. The molecule has 18 heavy (non-hydrogen) atoms. The third kappa shape index (κ3) is 2.34. The summed E-state index contributed by atoms with van der Waals surface area (Å²) in [6.07, 6.45) is 1.86. The molecule has 0 aliphatic carbocycles. The number of nitrogens with zero attached hydrogens (tertiary/aromatic N) is 2. The van der Waals surface area contributed by atoms with Gasteiger partial charge in [0.15, 0.2) is 5.13 Å². The first-order chi connectivity index (χ1) is 8.70. The standard InChI is InChI=1S/C12H10FN3S2/c1-7-14-5-9(17-7)6-15-12-16-10-3-2-8(13)4-11(10)18-12/h2-5H,6H2,1H3,(H,15,16). The van der Waals surface area contributed by atoms with Gasteiger partial charge in [-0.2, -0.15) is 0 Å². The fourth-order valence-corrected chi connectivity index (χ4v) is 3.24. The van der Waals surface area contributed by atoms with Crippen LogP contribution < -0.4 is 5.32 Å². The van der Waals surface area contributed by atoms with Gasteiger partial charge in [0.25, 0.3) is 0 Å². The summed E-state index contributed by atoms with van der Waals surface area (Å²) in [6, 6.07) is 4.64. The van der Waals surface area contributed by atoms with E-state index in [0.717, 1.165) is 25.2 Å². The van der Waals surface area contributed by atoms with Crippen LogP contribution in [0.25, 0.3) is 10.2 Å². The number of aromatic nitrogens is 2. The quantitative estimate of drug-likeness (QED) is 0.792. The van der Waals surface area contributed by atoms with Gasteiger partial charge in [-0.05, 0) is 25.1 Å². The van der Waals surface area contributed by atoms with Crippen molar-refractivity contribution < 1.29 is 4.39 Å². The van der Waals surface area contributed by atoms with E-state index < -0.39 is 0 Å². The molecule has 0 amide bonds. The van der Waals surface area contributed by atoms with Crippen LogP contribution in [0.15, 0.2) is 24.4 Å². The van der Waals surface area contributed by atoms with Crippen molar-refractivity contribution in [1.82, 2.24) is 9.97 Å². The van der Waals surface area contributed by atoms with Crippen LogP contribution in [0.4, 0.5) is 9.52 Å². The third-order valence-corrected chi connectivity index (χ3v) is 4.32. The highest BCUT2D eigenvalue weighted by atomic mass is 32.1. The van der Waals surface area contributed by atoms with Crippen molar-refractivity contribution in [3.05, 3.63) is 40.1 Å². The second kappa shape index (κ2) is 4.62. The van der Waals surface area contributed by atoms with E-state index in [1.54, 1.807) is 17.4 Å². The summed E-state index contributed by atoms with van der Waals surface area (Å²) in [4.78, 5) is 9.76. The molecule has 0 fully saturated rings. The molecule has 0 saturated heterocycles. The highest BCUT2D eigenvalue weighted by molar-refractivity contribution is 7.22. The lowest BCUT2D eigenvalue weighted by Gasteiger charge is -1.97. The maximum atomic E-state index is 13.1. The molecule has 2 aromatic heterocycles. The smallest absolute Gasteiger partial charge is 0.184 e. The summed E-state index contributed by atoms with van der Waals surface area (Å²) in [7, 11) is 0. The number of halogens is 1. The number of aryl methyl sites for hydroxylation is 1. The van der Waals surface area contributed by atoms with Crippen LogP contribution in [0.3, 0.4) is 0 Å². The van der Waals surface area contributed by atoms with E-state index in [1.165, 1.54) is 23.5 Å². The van der Waals surface area contributed by atoms with Gasteiger partial charge in [0.1, 0.15) is 5.82 Å². The lowest BCUT2D eigenvalue weighted by molar-refractivity contribution is 0.630. The van der Waals surface area contributed by atoms with E-state index in [9.17, 15) is 4.39 Å². The van der Waals surface area contributed by atoms with Crippen molar-refractivity contribution in [2.45, 2.75) is 13.5 Å². The third-order valence-electron chi connectivity index (χ3n) is 2.43. The van der Waals surface area contributed by atoms with E-state index >= 15 is 0 Å². The SMILES string of the molecule is Cc1ncc(CNc2nc3ccc(F)cc3s2)s1. The molecule has 92 valence electrons. The summed E-state index contributed by atoms with van der Waals surface area (Å²) in [5, 5.41) is 5.10. The number of rotatable bonds is 3. The Kier molecular flexibility index (Phi) is 2.97. The minimum atomic E-state index is -0.226. The zero-order valence-corrected chi connectivity index (χ0v) is 11.2. The zero-order valence-electron chi connectivity index (χ0n) is 9.61. The first-order valence-electron chi connectivity index (χ1n) is 5.42. The van der Waals surface area contributed by atoms with Crippen molar-refractivity contribution in [3.8, 4) is 0 Å². The van der Waals surface area contributed by atoms with Crippen LogP contribution in [0, 0.1) is 12.7 Å². The number of benzene rings is 1. The van der Waals surface area contributed by atoms with Gasteiger partial charge in [-0.3, -0.25) is 0 Å². The maximum Gasteiger partial charge on any atom is 0.184 e. The van der Waals surface area contributed by atoms with Gasteiger partial charge >= 0.3 is 0 Å². The Morgan fingerprint density at radius 2 is 2.22 bits per heavy atom. The van der Waals surface area contributed by atoms with Gasteiger partial charge < -0.3 is 5.32 Å². The van der Waals surface area contributed by atoms with Crippen LogP contribution in [0.1, 0.15) is 9.88 Å². The van der Waals surface area contributed by atoms with E-state index in [-0.39, 0.29) is 5.82 Å². The number of thiazole rings is 2. The van der Waals surface area contributed by atoms with E-state index in [4.69, 9.17) is 0 Å². The van der Waals surface area contributed by atoms with E-state index in [0.29, 0.717) is 6.54 Å². The second-order valence-corrected chi connectivity index (χ2v) is 6.18. The minimum Gasteiger partial charge on any atom is -0.357 e.